The van der Waals surface area contributed by atoms with E-state index < -0.39 is 12.1 Å². The zero-order valence-electron chi connectivity index (χ0n) is 16.8. The van der Waals surface area contributed by atoms with E-state index in [4.69, 9.17) is 9.47 Å². The van der Waals surface area contributed by atoms with Crippen molar-refractivity contribution in [1.29, 1.82) is 0 Å². The van der Waals surface area contributed by atoms with Gasteiger partial charge >= 0.3 is 5.97 Å². The highest BCUT2D eigenvalue weighted by Gasteiger charge is 2.17. The van der Waals surface area contributed by atoms with Crippen LogP contribution in [0.5, 0.6) is 0 Å². The minimum atomic E-state index is -0.900. The van der Waals surface area contributed by atoms with Crippen molar-refractivity contribution < 1.29 is 19.1 Å². The summed E-state index contributed by atoms with van der Waals surface area (Å²) in [4.78, 5) is 26.6. The number of hydrogen-bond acceptors (Lipinski definition) is 5. The Balaban J connectivity index is 1.50. The van der Waals surface area contributed by atoms with Gasteiger partial charge in [-0.15, -0.1) is 0 Å². The molecule has 1 heterocycles. The van der Waals surface area contributed by atoms with Gasteiger partial charge in [0, 0.05) is 30.5 Å². The molecule has 3 rings (SSSR count). The number of esters is 1. The fourth-order valence-corrected chi connectivity index (χ4v) is 3.02. The van der Waals surface area contributed by atoms with E-state index in [0.29, 0.717) is 5.69 Å². The first kappa shape index (κ1) is 20.6. The molecule has 6 nitrogen and oxygen atoms in total. The molecule has 2 aromatic carbocycles. The Labute approximate surface area is 171 Å². The molecule has 1 aliphatic rings. The summed E-state index contributed by atoms with van der Waals surface area (Å²) in [7, 11) is 0. The fourth-order valence-electron chi connectivity index (χ4n) is 3.02. The third-order valence-corrected chi connectivity index (χ3v) is 4.76. The van der Waals surface area contributed by atoms with Crippen LogP contribution in [0.4, 0.5) is 11.4 Å². The number of amides is 1. The van der Waals surface area contributed by atoms with E-state index in [9.17, 15) is 9.59 Å². The fraction of sp³-hybridized carbons (Fsp3) is 0.304. The van der Waals surface area contributed by atoms with Gasteiger partial charge in [-0.25, -0.2) is 4.79 Å². The molecule has 2 aromatic rings. The maximum absolute atomic E-state index is 12.3. The van der Waals surface area contributed by atoms with E-state index in [0.717, 1.165) is 43.1 Å². The summed E-state index contributed by atoms with van der Waals surface area (Å²) in [6.45, 7) is 6.67. The number of ether oxygens (including phenoxy) is 2. The standard InChI is InChI=1S/C23H26N2O4/c1-17-5-3-4-6-19(17)7-12-22(26)29-18(2)23(27)24-20-8-10-21(11-9-20)25-13-15-28-16-14-25/h3-12,18H,13-16H2,1-2H3,(H,24,27)/b12-7+/t18-/m1/s1. The Kier molecular flexibility index (Phi) is 7.03. The van der Waals surface area contributed by atoms with Crippen LogP contribution in [-0.2, 0) is 19.1 Å². The molecule has 0 radical (unpaired) electrons. The number of benzene rings is 2. The van der Waals surface area contributed by atoms with Gasteiger partial charge in [0.1, 0.15) is 0 Å². The topological polar surface area (TPSA) is 67.9 Å². The molecule has 29 heavy (non-hydrogen) atoms. The van der Waals surface area contributed by atoms with Crippen molar-refractivity contribution in [2.24, 2.45) is 0 Å². The molecule has 1 amide bonds. The van der Waals surface area contributed by atoms with E-state index in [2.05, 4.69) is 10.2 Å². The second-order valence-corrected chi connectivity index (χ2v) is 6.90. The largest absolute Gasteiger partial charge is 0.449 e. The van der Waals surface area contributed by atoms with E-state index in [1.54, 1.807) is 13.0 Å². The lowest BCUT2D eigenvalue weighted by molar-refractivity contribution is -0.148. The van der Waals surface area contributed by atoms with Gasteiger partial charge in [0.15, 0.2) is 6.10 Å². The molecule has 0 aliphatic carbocycles. The molecule has 1 atom stereocenters. The predicted octanol–water partition coefficient (Wildman–Crippen LogP) is 3.42. The summed E-state index contributed by atoms with van der Waals surface area (Å²) in [5, 5.41) is 2.78. The molecular formula is C23H26N2O4. The summed E-state index contributed by atoms with van der Waals surface area (Å²) in [5.41, 5.74) is 3.74. The van der Waals surface area contributed by atoms with Gasteiger partial charge < -0.3 is 19.7 Å². The molecule has 1 fully saturated rings. The van der Waals surface area contributed by atoms with Crippen molar-refractivity contribution in [2.45, 2.75) is 20.0 Å². The molecule has 0 saturated carbocycles. The number of hydrogen-bond donors (Lipinski definition) is 1. The first-order chi connectivity index (χ1) is 14.0. The van der Waals surface area contributed by atoms with Crippen LogP contribution in [-0.4, -0.2) is 44.3 Å². The minimum Gasteiger partial charge on any atom is -0.449 e. The van der Waals surface area contributed by atoms with Crippen LogP contribution in [0.2, 0.25) is 0 Å². The lowest BCUT2D eigenvalue weighted by Gasteiger charge is -2.28. The van der Waals surface area contributed by atoms with Crippen molar-refractivity contribution in [3.63, 3.8) is 0 Å². The lowest BCUT2D eigenvalue weighted by Crippen LogP contribution is -2.36. The van der Waals surface area contributed by atoms with Crippen LogP contribution in [0.3, 0.4) is 0 Å². The molecule has 1 aliphatic heterocycles. The van der Waals surface area contributed by atoms with Crippen LogP contribution < -0.4 is 10.2 Å². The van der Waals surface area contributed by atoms with Gasteiger partial charge in [-0.2, -0.15) is 0 Å². The molecular weight excluding hydrogens is 368 g/mol. The molecule has 6 heteroatoms. The van der Waals surface area contributed by atoms with Gasteiger partial charge in [-0.3, -0.25) is 4.79 Å². The number of morpholine rings is 1. The van der Waals surface area contributed by atoms with Crippen LogP contribution in [0.1, 0.15) is 18.1 Å². The first-order valence-electron chi connectivity index (χ1n) is 9.71. The second-order valence-electron chi connectivity index (χ2n) is 6.90. The number of carbonyl (C=O) groups excluding carboxylic acids is 2. The molecule has 0 bridgehead atoms. The molecule has 1 saturated heterocycles. The van der Waals surface area contributed by atoms with E-state index in [1.165, 1.54) is 6.08 Å². The summed E-state index contributed by atoms with van der Waals surface area (Å²) >= 11 is 0. The third kappa shape index (κ3) is 5.93. The van der Waals surface area contributed by atoms with Crippen LogP contribution in [0, 0.1) is 6.92 Å². The monoisotopic (exact) mass is 394 g/mol. The molecule has 0 spiro atoms. The van der Waals surface area contributed by atoms with Gasteiger partial charge in [0.2, 0.25) is 0 Å². The number of nitrogens with one attached hydrogen (secondary N) is 1. The van der Waals surface area contributed by atoms with Crippen molar-refractivity contribution in [3.8, 4) is 0 Å². The van der Waals surface area contributed by atoms with Crippen molar-refractivity contribution in [1.82, 2.24) is 0 Å². The van der Waals surface area contributed by atoms with Crippen LogP contribution in [0.15, 0.2) is 54.6 Å². The van der Waals surface area contributed by atoms with E-state index in [1.807, 2.05) is 55.5 Å². The highest BCUT2D eigenvalue weighted by Crippen LogP contribution is 2.19. The van der Waals surface area contributed by atoms with Gasteiger partial charge in [0.25, 0.3) is 5.91 Å². The Morgan fingerprint density at radius 3 is 2.48 bits per heavy atom. The molecule has 152 valence electrons. The Morgan fingerprint density at radius 2 is 1.79 bits per heavy atom. The summed E-state index contributed by atoms with van der Waals surface area (Å²) in [6.07, 6.45) is 2.12. The quantitative estimate of drug-likeness (QED) is 0.601. The second kappa shape index (κ2) is 9.89. The SMILES string of the molecule is Cc1ccccc1/C=C/C(=O)O[C@H](C)C(=O)Nc1ccc(N2CCOCC2)cc1. The van der Waals surface area contributed by atoms with Crippen LogP contribution >= 0.6 is 0 Å². The number of nitrogens with zero attached hydrogens (tertiary/aromatic N) is 1. The summed E-state index contributed by atoms with van der Waals surface area (Å²) in [5.74, 6) is -0.930. The zero-order valence-corrected chi connectivity index (χ0v) is 16.8. The predicted molar refractivity (Wildman–Crippen MR) is 114 cm³/mol. The highest BCUT2D eigenvalue weighted by atomic mass is 16.5. The normalized spacial score (nSPS) is 15.2. The third-order valence-electron chi connectivity index (χ3n) is 4.76. The van der Waals surface area contributed by atoms with E-state index >= 15 is 0 Å². The van der Waals surface area contributed by atoms with Gasteiger partial charge in [0.05, 0.1) is 13.2 Å². The summed E-state index contributed by atoms with van der Waals surface area (Å²) < 4.78 is 10.6. The Hall–Kier alpha value is -3.12. The number of carbonyl (C=O) groups is 2. The first-order valence-corrected chi connectivity index (χ1v) is 9.71. The Morgan fingerprint density at radius 1 is 1.10 bits per heavy atom. The number of aryl methyl sites for hydroxylation is 1. The van der Waals surface area contributed by atoms with E-state index in [-0.39, 0.29) is 5.91 Å². The average Bonchev–Trinajstić information content (AvgIpc) is 2.74. The number of rotatable bonds is 6. The Bertz CT molecular complexity index is 871. The maximum Gasteiger partial charge on any atom is 0.331 e. The summed E-state index contributed by atoms with van der Waals surface area (Å²) in [6, 6.07) is 15.3. The van der Waals surface area contributed by atoms with Gasteiger partial charge in [-0.05, 0) is 55.3 Å². The van der Waals surface area contributed by atoms with Crippen molar-refractivity contribution in [3.05, 3.63) is 65.7 Å². The minimum absolute atomic E-state index is 0.373. The molecule has 1 N–H and O–H groups in total. The lowest BCUT2D eigenvalue weighted by atomic mass is 10.1. The van der Waals surface area contributed by atoms with Gasteiger partial charge in [-0.1, -0.05) is 24.3 Å². The van der Waals surface area contributed by atoms with Crippen molar-refractivity contribution >= 4 is 29.3 Å². The maximum atomic E-state index is 12.3. The molecule has 0 unspecified atom stereocenters. The number of anilines is 2. The van der Waals surface area contributed by atoms with Crippen LogP contribution in [0.25, 0.3) is 6.08 Å². The zero-order chi connectivity index (χ0) is 20.6. The highest BCUT2D eigenvalue weighted by molar-refractivity contribution is 5.96. The smallest absolute Gasteiger partial charge is 0.331 e. The van der Waals surface area contributed by atoms with Crippen molar-refractivity contribution in [2.75, 3.05) is 36.5 Å². The molecule has 0 aromatic heterocycles. The average molecular weight is 394 g/mol.